The number of anilines is 1. The van der Waals surface area contributed by atoms with Crippen LogP contribution in [0, 0.1) is 12.8 Å². The van der Waals surface area contributed by atoms with E-state index in [1.165, 1.54) is 12.8 Å². The van der Waals surface area contributed by atoms with Gasteiger partial charge < -0.3 is 5.32 Å². The molecule has 1 fully saturated rings. The third-order valence-electron chi connectivity index (χ3n) is 3.65. The lowest BCUT2D eigenvalue weighted by molar-refractivity contribution is 0.286. The fourth-order valence-electron chi connectivity index (χ4n) is 2.30. The maximum Gasteiger partial charge on any atom is 0.223 e. The maximum absolute atomic E-state index is 6.15. The predicted molar refractivity (Wildman–Crippen MR) is 71.5 cm³/mol. The third-order valence-corrected chi connectivity index (χ3v) is 4.16. The van der Waals surface area contributed by atoms with Crippen LogP contribution in [0.5, 0.6) is 0 Å². The summed E-state index contributed by atoms with van der Waals surface area (Å²) in [7, 11) is 0. The van der Waals surface area contributed by atoms with Crippen molar-refractivity contribution in [2.75, 3.05) is 11.2 Å². The Hall–Kier alpha value is -0.830. The van der Waals surface area contributed by atoms with Gasteiger partial charge in [-0.15, -0.1) is 11.6 Å². The van der Waals surface area contributed by atoms with Crippen LogP contribution in [-0.2, 0) is 0 Å². The molecule has 1 aliphatic rings. The summed E-state index contributed by atoms with van der Waals surface area (Å²) in [6.45, 7) is 4.30. The second-order valence-electron chi connectivity index (χ2n) is 5.31. The number of hydrogen-bond donors (Lipinski definition) is 1. The predicted octanol–water partition coefficient (Wildman–Crippen LogP) is 3.38. The Morgan fingerprint density at radius 2 is 1.94 bits per heavy atom. The van der Waals surface area contributed by atoms with Gasteiger partial charge in [0.05, 0.1) is 5.54 Å². The molecule has 0 radical (unpaired) electrons. The van der Waals surface area contributed by atoms with Crippen LogP contribution < -0.4 is 5.32 Å². The highest BCUT2D eigenvalue weighted by Crippen LogP contribution is 2.34. The van der Waals surface area contributed by atoms with Crippen LogP contribution in [0.4, 0.5) is 5.95 Å². The molecule has 0 aromatic carbocycles. The minimum atomic E-state index is -0.0106. The van der Waals surface area contributed by atoms with Gasteiger partial charge in [0.2, 0.25) is 5.95 Å². The Labute approximate surface area is 108 Å². The molecule has 4 heteroatoms. The van der Waals surface area contributed by atoms with Gasteiger partial charge in [-0.1, -0.05) is 6.92 Å². The van der Waals surface area contributed by atoms with Crippen molar-refractivity contribution in [2.45, 2.75) is 45.1 Å². The van der Waals surface area contributed by atoms with Crippen molar-refractivity contribution in [3.63, 3.8) is 0 Å². The quantitative estimate of drug-likeness (QED) is 0.840. The van der Waals surface area contributed by atoms with Crippen molar-refractivity contribution in [3.05, 3.63) is 18.0 Å². The summed E-state index contributed by atoms with van der Waals surface area (Å²) in [5.41, 5.74) is 1.07. The minimum Gasteiger partial charge on any atom is -0.348 e. The Morgan fingerprint density at radius 3 is 2.47 bits per heavy atom. The lowest BCUT2D eigenvalue weighted by Gasteiger charge is -2.38. The van der Waals surface area contributed by atoms with Gasteiger partial charge in [0.25, 0.3) is 0 Å². The van der Waals surface area contributed by atoms with Crippen LogP contribution in [0.3, 0.4) is 0 Å². The molecule has 0 bridgehead atoms. The highest BCUT2D eigenvalue weighted by molar-refractivity contribution is 6.18. The average molecular weight is 254 g/mol. The summed E-state index contributed by atoms with van der Waals surface area (Å²) < 4.78 is 0. The van der Waals surface area contributed by atoms with E-state index in [1.807, 2.05) is 19.3 Å². The van der Waals surface area contributed by atoms with Crippen LogP contribution >= 0.6 is 11.6 Å². The molecule has 3 nitrogen and oxygen atoms in total. The van der Waals surface area contributed by atoms with E-state index >= 15 is 0 Å². The van der Waals surface area contributed by atoms with E-state index in [4.69, 9.17) is 11.6 Å². The van der Waals surface area contributed by atoms with Crippen molar-refractivity contribution in [1.29, 1.82) is 0 Å². The van der Waals surface area contributed by atoms with E-state index < -0.39 is 0 Å². The first-order chi connectivity index (χ1) is 8.13. The van der Waals surface area contributed by atoms with E-state index in [1.54, 1.807) is 0 Å². The van der Waals surface area contributed by atoms with Crippen LogP contribution in [-0.4, -0.2) is 21.4 Å². The summed E-state index contributed by atoms with van der Waals surface area (Å²) in [6, 6.07) is 0. The molecule has 0 unspecified atom stereocenters. The number of halogens is 1. The van der Waals surface area contributed by atoms with Gasteiger partial charge in [-0.3, -0.25) is 0 Å². The largest absolute Gasteiger partial charge is 0.348 e. The second kappa shape index (κ2) is 5.21. The van der Waals surface area contributed by atoms with Crippen molar-refractivity contribution in [2.24, 2.45) is 5.92 Å². The topological polar surface area (TPSA) is 37.8 Å². The number of nitrogens with zero attached hydrogens (tertiary/aromatic N) is 2. The van der Waals surface area contributed by atoms with Crippen molar-refractivity contribution in [3.8, 4) is 0 Å². The van der Waals surface area contributed by atoms with Gasteiger partial charge in [-0.2, -0.15) is 0 Å². The van der Waals surface area contributed by atoms with E-state index in [2.05, 4.69) is 22.2 Å². The standard InChI is InChI=1S/C13H20ClN3/c1-10-3-5-13(9-14,6-4-10)17-12-15-7-11(2)8-16-12/h7-8,10H,3-6,9H2,1-2H3,(H,15,16,17). The first-order valence-electron chi connectivity index (χ1n) is 6.26. The van der Waals surface area contributed by atoms with Crippen LogP contribution in [0.2, 0.25) is 0 Å². The van der Waals surface area contributed by atoms with Gasteiger partial charge in [0, 0.05) is 18.3 Å². The summed E-state index contributed by atoms with van der Waals surface area (Å²) in [5, 5.41) is 3.44. The minimum absolute atomic E-state index is 0.0106. The first-order valence-corrected chi connectivity index (χ1v) is 6.80. The molecule has 1 aliphatic carbocycles. The molecule has 1 aromatic rings. The number of aromatic nitrogens is 2. The first kappa shape index (κ1) is 12.6. The summed E-state index contributed by atoms with van der Waals surface area (Å²) in [4.78, 5) is 8.61. The van der Waals surface area contributed by atoms with Gasteiger partial charge in [0.15, 0.2) is 0 Å². The van der Waals surface area contributed by atoms with Gasteiger partial charge in [-0.05, 0) is 44.1 Å². The molecule has 1 heterocycles. The van der Waals surface area contributed by atoms with Gasteiger partial charge >= 0.3 is 0 Å². The zero-order valence-electron chi connectivity index (χ0n) is 10.5. The normalized spacial score (nSPS) is 29.0. The zero-order valence-corrected chi connectivity index (χ0v) is 11.3. The number of aryl methyl sites for hydroxylation is 1. The SMILES string of the molecule is Cc1cnc(NC2(CCl)CCC(C)CC2)nc1. The van der Waals surface area contributed by atoms with Gasteiger partial charge in [0.1, 0.15) is 0 Å². The van der Waals surface area contributed by atoms with Crippen molar-refractivity contribution in [1.82, 2.24) is 9.97 Å². The summed E-state index contributed by atoms with van der Waals surface area (Å²) in [5.74, 6) is 2.13. The molecule has 2 rings (SSSR count). The monoisotopic (exact) mass is 253 g/mol. The highest BCUT2D eigenvalue weighted by Gasteiger charge is 2.33. The number of rotatable bonds is 3. The number of nitrogens with one attached hydrogen (secondary N) is 1. The van der Waals surface area contributed by atoms with Crippen LogP contribution in [0.15, 0.2) is 12.4 Å². The molecule has 1 saturated carbocycles. The summed E-state index contributed by atoms with van der Waals surface area (Å²) in [6.07, 6.45) is 8.34. The molecule has 0 aliphatic heterocycles. The van der Waals surface area contributed by atoms with Crippen LogP contribution in [0.1, 0.15) is 38.2 Å². The molecule has 0 spiro atoms. The maximum atomic E-state index is 6.15. The Kier molecular flexibility index (Phi) is 3.87. The Bertz CT molecular complexity index is 355. The number of alkyl halides is 1. The fourth-order valence-corrected chi connectivity index (χ4v) is 2.64. The smallest absolute Gasteiger partial charge is 0.223 e. The molecule has 0 atom stereocenters. The Balaban J connectivity index is 2.06. The van der Waals surface area contributed by atoms with E-state index in [-0.39, 0.29) is 5.54 Å². The molecule has 1 aromatic heterocycles. The average Bonchev–Trinajstić information content (AvgIpc) is 2.35. The van der Waals surface area contributed by atoms with E-state index in [9.17, 15) is 0 Å². The fraction of sp³-hybridized carbons (Fsp3) is 0.692. The second-order valence-corrected chi connectivity index (χ2v) is 5.57. The van der Waals surface area contributed by atoms with E-state index in [0.717, 1.165) is 24.3 Å². The number of hydrogen-bond acceptors (Lipinski definition) is 3. The molecule has 1 N–H and O–H groups in total. The molecule has 0 saturated heterocycles. The van der Waals surface area contributed by atoms with Crippen molar-refractivity contribution < 1.29 is 0 Å². The molecular weight excluding hydrogens is 234 g/mol. The Morgan fingerprint density at radius 1 is 1.35 bits per heavy atom. The highest BCUT2D eigenvalue weighted by atomic mass is 35.5. The molecule has 0 amide bonds. The van der Waals surface area contributed by atoms with Crippen molar-refractivity contribution >= 4 is 17.5 Å². The lowest BCUT2D eigenvalue weighted by atomic mass is 9.78. The third kappa shape index (κ3) is 3.09. The van der Waals surface area contributed by atoms with E-state index in [0.29, 0.717) is 11.8 Å². The van der Waals surface area contributed by atoms with Gasteiger partial charge in [-0.25, -0.2) is 9.97 Å². The lowest BCUT2D eigenvalue weighted by Crippen LogP contribution is -2.44. The zero-order chi connectivity index (χ0) is 12.3. The summed E-state index contributed by atoms with van der Waals surface area (Å²) >= 11 is 6.15. The molecule has 94 valence electrons. The molecular formula is C13H20ClN3. The van der Waals surface area contributed by atoms with Crippen LogP contribution in [0.25, 0.3) is 0 Å². The molecule has 17 heavy (non-hydrogen) atoms.